The molecule has 2 heterocycles. The first-order valence-corrected chi connectivity index (χ1v) is 10.3. The second-order valence-corrected chi connectivity index (χ2v) is 7.70. The van der Waals surface area contributed by atoms with Crippen molar-refractivity contribution in [1.29, 1.82) is 0 Å². The highest BCUT2D eigenvalue weighted by atomic mass is 16.6. The van der Waals surface area contributed by atoms with Crippen molar-refractivity contribution in [2.45, 2.75) is 31.4 Å². The van der Waals surface area contributed by atoms with E-state index in [0.29, 0.717) is 13.0 Å². The third kappa shape index (κ3) is 3.86. The Balaban J connectivity index is 1.52. The maximum atomic E-state index is 13.0. The molecule has 4 heteroatoms. The van der Waals surface area contributed by atoms with Crippen molar-refractivity contribution in [3.05, 3.63) is 103 Å². The molecule has 2 aromatic carbocycles. The third-order valence-corrected chi connectivity index (χ3v) is 5.90. The van der Waals surface area contributed by atoms with Gasteiger partial charge in [0.1, 0.15) is 5.60 Å². The predicted molar refractivity (Wildman–Crippen MR) is 119 cm³/mol. The van der Waals surface area contributed by atoms with E-state index in [1.165, 1.54) is 0 Å². The summed E-state index contributed by atoms with van der Waals surface area (Å²) in [4.78, 5) is 19.0. The lowest BCUT2D eigenvalue weighted by Gasteiger charge is -2.43. The standard InChI is InChI=1S/C26H26N2O2/c1-3-15-26(24-9-5-4-6-10-24)16-18-28(25(29)30-26)20(2)21-11-13-22(14-12-21)23-8-7-17-27-19-23/h3-14,17,19-20H,1,15-16,18H2,2H3/t20-,26+/m0/s1. The molecule has 1 aliphatic heterocycles. The van der Waals surface area contributed by atoms with Crippen LogP contribution >= 0.6 is 0 Å². The molecular weight excluding hydrogens is 372 g/mol. The number of benzene rings is 2. The zero-order chi connectivity index (χ0) is 21.0. The Labute approximate surface area is 177 Å². The Hall–Kier alpha value is -3.40. The van der Waals surface area contributed by atoms with Crippen molar-refractivity contribution in [3.8, 4) is 11.1 Å². The van der Waals surface area contributed by atoms with Gasteiger partial charge < -0.3 is 9.64 Å². The summed E-state index contributed by atoms with van der Waals surface area (Å²) in [5, 5.41) is 0. The van der Waals surface area contributed by atoms with E-state index in [-0.39, 0.29) is 12.1 Å². The van der Waals surface area contributed by atoms with Crippen LogP contribution in [0.3, 0.4) is 0 Å². The fourth-order valence-electron chi connectivity index (χ4n) is 4.13. The van der Waals surface area contributed by atoms with Gasteiger partial charge in [0.2, 0.25) is 0 Å². The molecule has 1 saturated heterocycles. The lowest BCUT2D eigenvalue weighted by atomic mass is 9.85. The highest BCUT2D eigenvalue weighted by Gasteiger charge is 2.42. The van der Waals surface area contributed by atoms with Crippen molar-refractivity contribution < 1.29 is 9.53 Å². The molecule has 0 radical (unpaired) electrons. The van der Waals surface area contributed by atoms with Gasteiger partial charge in [-0.2, -0.15) is 0 Å². The minimum atomic E-state index is -0.638. The van der Waals surface area contributed by atoms with Gasteiger partial charge in [0, 0.05) is 31.8 Å². The molecule has 0 N–H and O–H groups in total. The maximum Gasteiger partial charge on any atom is 0.411 e. The number of hydrogen-bond acceptors (Lipinski definition) is 3. The fourth-order valence-corrected chi connectivity index (χ4v) is 4.13. The van der Waals surface area contributed by atoms with E-state index in [1.54, 1.807) is 6.20 Å². The quantitative estimate of drug-likeness (QED) is 0.470. The Morgan fingerprint density at radius 3 is 2.50 bits per heavy atom. The second-order valence-electron chi connectivity index (χ2n) is 7.70. The average Bonchev–Trinajstić information content (AvgIpc) is 2.80. The monoisotopic (exact) mass is 398 g/mol. The summed E-state index contributed by atoms with van der Waals surface area (Å²) < 4.78 is 6.06. The van der Waals surface area contributed by atoms with Gasteiger partial charge in [-0.3, -0.25) is 4.98 Å². The van der Waals surface area contributed by atoms with Crippen molar-refractivity contribution in [3.63, 3.8) is 0 Å². The first-order chi connectivity index (χ1) is 14.6. The largest absolute Gasteiger partial charge is 0.437 e. The Bertz CT molecular complexity index is 1000. The van der Waals surface area contributed by atoms with Gasteiger partial charge in [-0.15, -0.1) is 6.58 Å². The number of cyclic esters (lactones) is 1. The number of carbonyl (C=O) groups excluding carboxylic acids is 1. The number of amides is 1. The fraction of sp³-hybridized carbons (Fsp3) is 0.231. The van der Waals surface area contributed by atoms with Gasteiger partial charge in [-0.05, 0) is 35.2 Å². The molecule has 4 nitrogen and oxygen atoms in total. The van der Waals surface area contributed by atoms with E-state index in [2.05, 4.69) is 35.8 Å². The maximum absolute atomic E-state index is 13.0. The Morgan fingerprint density at radius 1 is 1.10 bits per heavy atom. The van der Waals surface area contributed by atoms with Gasteiger partial charge in [0.25, 0.3) is 0 Å². The number of hydrogen-bond donors (Lipinski definition) is 0. The zero-order valence-electron chi connectivity index (χ0n) is 17.2. The number of nitrogens with zero attached hydrogens (tertiary/aromatic N) is 2. The van der Waals surface area contributed by atoms with Crippen LogP contribution in [0.4, 0.5) is 4.79 Å². The van der Waals surface area contributed by atoms with Gasteiger partial charge in [0.15, 0.2) is 0 Å². The van der Waals surface area contributed by atoms with Crippen LogP contribution in [0.25, 0.3) is 11.1 Å². The lowest BCUT2D eigenvalue weighted by Crippen LogP contribution is -2.48. The van der Waals surface area contributed by atoms with Crippen molar-refractivity contribution in [2.75, 3.05) is 6.54 Å². The molecule has 0 saturated carbocycles. The van der Waals surface area contributed by atoms with E-state index in [4.69, 9.17) is 4.74 Å². The zero-order valence-corrected chi connectivity index (χ0v) is 17.2. The summed E-state index contributed by atoms with van der Waals surface area (Å²) in [5.41, 5.74) is 3.64. The van der Waals surface area contributed by atoms with E-state index < -0.39 is 5.60 Å². The van der Waals surface area contributed by atoms with Crippen LogP contribution in [0, 0.1) is 0 Å². The number of ether oxygens (including phenoxy) is 1. The number of pyridine rings is 1. The summed E-state index contributed by atoms with van der Waals surface area (Å²) in [5.74, 6) is 0. The molecule has 1 fully saturated rings. The summed E-state index contributed by atoms with van der Waals surface area (Å²) in [6.07, 6.45) is 6.50. The minimum Gasteiger partial charge on any atom is -0.437 e. The molecule has 3 aromatic rings. The van der Waals surface area contributed by atoms with Gasteiger partial charge in [-0.1, -0.05) is 66.7 Å². The van der Waals surface area contributed by atoms with Crippen LogP contribution in [0.5, 0.6) is 0 Å². The smallest absolute Gasteiger partial charge is 0.411 e. The highest BCUT2D eigenvalue weighted by Crippen LogP contribution is 2.39. The normalized spacial score (nSPS) is 19.8. The predicted octanol–water partition coefficient (Wildman–Crippen LogP) is 6.12. The molecule has 0 aliphatic carbocycles. The van der Waals surface area contributed by atoms with Crippen molar-refractivity contribution in [2.24, 2.45) is 0 Å². The molecule has 152 valence electrons. The van der Waals surface area contributed by atoms with Gasteiger partial charge >= 0.3 is 6.09 Å². The molecule has 1 aliphatic rings. The topological polar surface area (TPSA) is 42.4 Å². The molecular formula is C26H26N2O2. The summed E-state index contributed by atoms with van der Waals surface area (Å²) in [7, 11) is 0. The highest BCUT2D eigenvalue weighted by molar-refractivity contribution is 5.70. The molecule has 4 rings (SSSR count). The first-order valence-electron chi connectivity index (χ1n) is 10.3. The van der Waals surface area contributed by atoms with Crippen LogP contribution in [0.2, 0.25) is 0 Å². The van der Waals surface area contributed by atoms with Crippen molar-refractivity contribution in [1.82, 2.24) is 9.88 Å². The Kier molecular flexibility index (Phi) is 5.66. The van der Waals surface area contributed by atoms with Crippen LogP contribution < -0.4 is 0 Å². The number of rotatable bonds is 6. The second kappa shape index (κ2) is 8.54. The molecule has 2 atom stereocenters. The lowest BCUT2D eigenvalue weighted by molar-refractivity contribution is -0.0588. The van der Waals surface area contributed by atoms with Gasteiger partial charge in [-0.25, -0.2) is 4.79 Å². The summed E-state index contributed by atoms with van der Waals surface area (Å²) in [6.45, 7) is 6.55. The Morgan fingerprint density at radius 2 is 1.87 bits per heavy atom. The van der Waals surface area contributed by atoms with Crippen LogP contribution in [0.15, 0.2) is 91.8 Å². The molecule has 0 spiro atoms. The van der Waals surface area contributed by atoms with Crippen LogP contribution in [-0.2, 0) is 10.3 Å². The van der Waals surface area contributed by atoms with E-state index in [9.17, 15) is 4.79 Å². The molecule has 1 amide bonds. The SMILES string of the molecule is C=CC[C@]1(c2ccccc2)CCN([C@@H](C)c2ccc(-c3cccnc3)cc2)C(=O)O1. The minimum absolute atomic E-state index is 0.0713. The number of carbonyl (C=O) groups is 1. The van der Waals surface area contributed by atoms with E-state index in [0.717, 1.165) is 28.7 Å². The molecule has 30 heavy (non-hydrogen) atoms. The van der Waals surface area contributed by atoms with Gasteiger partial charge in [0.05, 0.1) is 6.04 Å². The van der Waals surface area contributed by atoms with E-state index in [1.807, 2.05) is 66.6 Å². The van der Waals surface area contributed by atoms with Crippen molar-refractivity contribution >= 4 is 6.09 Å². The molecule has 1 aromatic heterocycles. The van der Waals surface area contributed by atoms with Crippen LogP contribution in [0.1, 0.15) is 36.9 Å². The van der Waals surface area contributed by atoms with Crippen LogP contribution in [-0.4, -0.2) is 22.5 Å². The third-order valence-electron chi connectivity index (χ3n) is 5.90. The summed E-state index contributed by atoms with van der Waals surface area (Å²) in [6, 6.07) is 22.2. The first kappa shape index (κ1) is 19.9. The average molecular weight is 399 g/mol. The number of aromatic nitrogens is 1. The van der Waals surface area contributed by atoms with E-state index >= 15 is 0 Å². The molecule has 0 bridgehead atoms. The summed E-state index contributed by atoms with van der Waals surface area (Å²) >= 11 is 0. The molecule has 0 unspecified atom stereocenters.